The summed E-state index contributed by atoms with van der Waals surface area (Å²) >= 11 is 1.35. The van der Waals surface area contributed by atoms with Gasteiger partial charge < -0.3 is 4.74 Å². The summed E-state index contributed by atoms with van der Waals surface area (Å²) in [5, 5.41) is 3.15. The van der Waals surface area contributed by atoms with Crippen molar-refractivity contribution in [3.63, 3.8) is 0 Å². The molecule has 0 spiro atoms. The van der Waals surface area contributed by atoms with Crippen LogP contribution in [0.25, 0.3) is 10.2 Å². The number of carbonyl (C=O) groups is 1. The smallest absolute Gasteiger partial charge is 0.259 e. The monoisotopic (exact) mass is 317 g/mol. The molecular formula is C15H12FN3O2S. The Morgan fingerprint density at radius 2 is 2.23 bits per heavy atom. The average molecular weight is 317 g/mol. The Labute approximate surface area is 129 Å². The van der Waals surface area contributed by atoms with Gasteiger partial charge in [-0.25, -0.2) is 9.97 Å². The summed E-state index contributed by atoms with van der Waals surface area (Å²) in [5.74, 6) is -0.240. The number of nitrogens with one attached hydrogen (secondary N) is 1. The number of aromatic nitrogens is 2. The van der Waals surface area contributed by atoms with Gasteiger partial charge in [-0.3, -0.25) is 10.1 Å². The van der Waals surface area contributed by atoms with Gasteiger partial charge in [-0.1, -0.05) is 11.3 Å². The molecule has 0 fully saturated rings. The zero-order chi connectivity index (χ0) is 15.5. The lowest BCUT2D eigenvalue weighted by molar-refractivity contribution is 0.102. The number of rotatable bonds is 4. The topological polar surface area (TPSA) is 64.1 Å². The number of amides is 1. The van der Waals surface area contributed by atoms with E-state index in [4.69, 9.17) is 4.74 Å². The number of halogens is 1. The van der Waals surface area contributed by atoms with Crippen LogP contribution < -0.4 is 10.1 Å². The van der Waals surface area contributed by atoms with Crippen LogP contribution in [0.5, 0.6) is 5.75 Å². The van der Waals surface area contributed by atoms with Crippen LogP contribution in [0.4, 0.5) is 9.52 Å². The van der Waals surface area contributed by atoms with Crippen LogP contribution in [0.15, 0.2) is 36.5 Å². The third-order valence-electron chi connectivity index (χ3n) is 2.88. The molecule has 3 aromatic rings. The quantitative estimate of drug-likeness (QED) is 0.748. The maximum Gasteiger partial charge on any atom is 0.259 e. The van der Waals surface area contributed by atoms with Crippen LogP contribution in [0, 0.1) is 5.95 Å². The van der Waals surface area contributed by atoms with E-state index < -0.39 is 5.95 Å². The van der Waals surface area contributed by atoms with Crippen LogP contribution >= 0.6 is 11.3 Å². The Morgan fingerprint density at radius 3 is 2.95 bits per heavy atom. The Balaban J connectivity index is 1.81. The van der Waals surface area contributed by atoms with E-state index in [0.717, 1.165) is 22.0 Å². The van der Waals surface area contributed by atoms with Gasteiger partial charge in [0.2, 0.25) is 5.95 Å². The second-order valence-electron chi connectivity index (χ2n) is 4.41. The molecule has 1 amide bonds. The molecule has 0 aliphatic rings. The van der Waals surface area contributed by atoms with Gasteiger partial charge in [-0.15, -0.1) is 0 Å². The van der Waals surface area contributed by atoms with E-state index in [0.29, 0.717) is 11.7 Å². The van der Waals surface area contributed by atoms with Crippen molar-refractivity contribution >= 4 is 32.6 Å². The minimum absolute atomic E-state index is 0.274. The molecule has 0 unspecified atom stereocenters. The van der Waals surface area contributed by atoms with E-state index >= 15 is 0 Å². The number of benzene rings is 1. The fourth-order valence-electron chi connectivity index (χ4n) is 1.89. The van der Waals surface area contributed by atoms with Gasteiger partial charge in [0.15, 0.2) is 5.13 Å². The second-order valence-corrected chi connectivity index (χ2v) is 5.44. The third kappa shape index (κ3) is 3.04. The highest BCUT2D eigenvalue weighted by Gasteiger charge is 2.11. The van der Waals surface area contributed by atoms with Crippen molar-refractivity contribution in [3.8, 4) is 5.75 Å². The molecule has 5 nitrogen and oxygen atoms in total. The number of pyridine rings is 1. The fourth-order valence-corrected chi connectivity index (χ4v) is 2.78. The molecule has 7 heteroatoms. The van der Waals surface area contributed by atoms with Gasteiger partial charge in [-0.2, -0.15) is 4.39 Å². The number of anilines is 1. The first kappa shape index (κ1) is 14.4. The highest BCUT2D eigenvalue weighted by atomic mass is 32.1. The molecule has 22 heavy (non-hydrogen) atoms. The lowest BCUT2D eigenvalue weighted by Gasteiger charge is -2.00. The van der Waals surface area contributed by atoms with Crippen LogP contribution in [-0.2, 0) is 0 Å². The minimum atomic E-state index is -0.625. The van der Waals surface area contributed by atoms with Gasteiger partial charge in [-0.05, 0) is 37.3 Å². The van der Waals surface area contributed by atoms with Crippen LogP contribution in [-0.4, -0.2) is 22.5 Å². The van der Waals surface area contributed by atoms with Crippen molar-refractivity contribution in [2.75, 3.05) is 11.9 Å². The number of hydrogen-bond donors (Lipinski definition) is 1. The average Bonchev–Trinajstić information content (AvgIpc) is 2.89. The maximum absolute atomic E-state index is 12.8. The van der Waals surface area contributed by atoms with Crippen molar-refractivity contribution in [1.29, 1.82) is 0 Å². The molecule has 0 saturated heterocycles. The fraction of sp³-hybridized carbons (Fsp3) is 0.133. The molecule has 0 atom stereocenters. The van der Waals surface area contributed by atoms with E-state index in [1.807, 2.05) is 25.1 Å². The number of thiazole rings is 1. The molecule has 0 saturated carbocycles. The normalized spacial score (nSPS) is 10.6. The molecule has 1 N–H and O–H groups in total. The zero-order valence-corrected chi connectivity index (χ0v) is 12.5. The first-order chi connectivity index (χ1) is 10.7. The van der Waals surface area contributed by atoms with Crippen LogP contribution in [0.1, 0.15) is 17.3 Å². The lowest BCUT2D eigenvalue weighted by atomic mass is 10.3. The molecular weight excluding hydrogens is 305 g/mol. The molecule has 3 rings (SSSR count). The van der Waals surface area contributed by atoms with Gasteiger partial charge in [0.25, 0.3) is 5.91 Å². The van der Waals surface area contributed by atoms with Crippen molar-refractivity contribution in [3.05, 3.63) is 48.0 Å². The van der Waals surface area contributed by atoms with Crippen molar-refractivity contribution in [2.45, 2.75) is 6.92 Å². The first-order valence-electron chi connectivity index (χ1n) is 6.62. The molecule has 1 aromatic carbocycles. The van der Waals surface area contributed by atoms with Crippen molar-refractivity contribution in [1.82, 2.24) is 9.97 Å². The van der Waals surface area contributed by atoms with Crippen molar-refractivity contribution < 1.29 is 13.9 Å². The predicted octanol–water partition coefficient (Wildman–Crippen LogP) is 3.48. The van der Waals surface area contributed by atoms with Gasteiger partial charge >= 0.3 is 0 Å². The lowest BCUT2D eigenvalue weighted by Crippen LogP contribution is -2.12. The number of carbonyl (C=O) groups excluding carboxylic acids is 1. The van der Waals surface area contributed by atoms with Crippen LogP contribution in [0.3, 0.4) is 0 Å². The Hall–Kier alpha value is -2.54. The van der Waals surface area contributed by atoms with E-state index in [9.17, 15) is 9.18 Å². The molecule has 2 heterocycles. The van der Waals surface area contributed by atoms with E-state index in [1.54, 1.807) is 0 Å². The molecule has 0 radical (unpaired) electrons. The third-order valence-corrected chi connectivity index (χ3v) is 3.81. The summed E-state index contributed by atoms with van der Waals surface area (Å²) in [7, 11) is 0. The number of hydrogen-bond acceptors (Lipinski definition) is 5. The summed E-state index contributed by atoms with van der Waals surface area (Å²) in [5.41, 5.74) is 1.05. The summed E-state index contributed by atoms with van der Waals surface area (Å²) in [6.07, 6.45) is 1.19. The molecule has 0 bridgehead atoms. The highest BCUT2D eigenvalue weighted by Crippen LogP contribution is 2.29. The minimum Gasteiger partial charge on any atom is -0.494 e. The Kier molecular flexibility index (Phi) is 3.97. The molecule has 0 aliphatic heterocycles. The SMILES string of the molecule is CCOc1ccc2nc(NC(=O)c3ccc(F)nc3)sc2c1. The highest BCUT2D eigenvalue weighted by molar-refractivity contribution is 7.22. The number of fused-ring (bicyclic) bond motifs is 1. The van der Waals surface area contributed by atoms with Crippen molar-refractivity contribution in [2.24, 2.45) is 0 Å². The Bertz CT molecular complexity index is 817. The van der Waals surface area contributed by atoms with E-state index in [-0.39, 0.29) is 11.5 Å². The molecule has 2 aromatic heterocycles. The second kappa shape index (κ2) is 6.07. The van der Waals surface area contributed by atoms with Crippen LogP contribution in [0.2, 0.25) is 0 Å². The predicted molar refractivity (Wildman–Crippen MR) is 82.9 cm³/mol. The maximum atomic E-state index is 12.8. The molecule has 0 aliphatic carbocycles. The Morgan fingerprint density at radius 1 is 1.36 bits per heavy atom. The summed E-state index contributed by atoms with van der Waals surface area (Å²) in [6.45, 7) is 2.50. The molecule has 112 valence electrons. The van der Waals surface area contributed by atoms with Gasteiger partial charge in [0.1, 0.15) is 5.75 Å². The van der Waals surface area contributed by atoms with E-state index in [2.05, 4.69) is 15.3 Å². The number of nitrogens with zero attached hydrogens (tertiary/aromatic N) is 2. The van der Waals surface area contributed by atoms with E-state index in [1.165, 1.54) is 23.6 Å². The van der Waals surface area contributed by atoms with Gasteiger partial charge in [0, 0.05) is 6.20 Å². The standard InChI is InChI=1S/C15H12FN3O2S/c1-2-21-10-4-5-11-12(7-10)22-15(18-11)19-14(20)9-3-6-13(16)17-8-9/h3-8H,2H2,1H3,(H,18,19,20). The first-order valence-corrected chi connectivity index (χ1v) is 7.43. The van der Waals surface area contributed by atoms with Gasteiger partial charge in [0.05, 0.1) is 22.4 Å². The largest absolute Gasteiger partial charge is 0.494 e. The zero-order valence-electron chi connectivity index (χ0n) is 11.7. The summed E-state index contributed by atoms with van der Waals surface area (Å²) in [6, 6.07) is 8.07. The summed E-state index contributed by atoms with van der Waals surface area (Å²) < 4.78 is 19.1. The summed E-state index contributed by atoms with van der Waals surface area (Å²) in [4.78, 5) is 19.8. The number of ether oxygens (including phenoxy) is 1.